The van der Waals surface area contributed by atoms with Gasteiger partial charge in [0.2, 0.25) is 0 Å². The molecule has 0 aliphatic rings. The van der Waals surface area contributed by atoms with Crippen molar-refractivity contribution in [3.05, 3.63) is 26.3 Å². The Hall–Kier alpha value is -0.310. The van der Waals surface area contributed by atoms with Gasteiger partial charge in [-0.25, -0.2) is 0 Å². The van der Waals surface area contributed by atoms with Gasteiger partial charge in [0.15, 0.2) is 0 Å². The highest BCUT2D eigenvalue weighted by molar-refractivity contribution is 14.1. The standard InChI is InChI=1S/C8H3ClF5IO/c9-4-2-6(16-7(10)11)3(1-5(4)15)8(12,13)14/h1-2,7H. The number of alkyl halides is 5. The maximum atomic E-state index is 12.4. The Labute approximate surface area is 106 Å². The Balaban J connectivity index is 3.28. The lowest BCUT2D eigenvalue weighted by Gasteiger charge is -2.14. The van der Waals surface area contributed by atoms with Crippen LogP contribution in [-0.2, 0) is 6.18 Å². The number of ether oxygens (including phenoxy) is 1. The largest absolute Gasteiger partial charge is 0.434 e. The van der Waals surface area contributed by atoms with E-state index in [1.54, 1.807) is 22.6 Å². The van der Waals surface area contributed by atoms with Gasteiger partial charge in [-0.05, 0) is 28.7 Å². The quantitative estimate of drug-likeness (QED) is 0.546. The second-order valence-corrected chi connectivity index (χ2v) is 4.21. The van der Waals surface area contributed by atoms with E-state index in [0.29, 0.717) is 6.07 Å². The fourth-order valence-corrected chi connectivity index (χ4v) is 1.56. The summed E-state index contributed by atoms with van der Waals surface area (Å²) in [4.78, 5) is 0. The third kappa shape index (κ3) is 3.34. The Bertz CT molecular complexity index is 393. The molecule has 0 spiro atoms. The van der Waals surface area contributed by atoms with Crippen LogP contribution in [0.3, 0.4) is 0 Å². The van der Waals surface area contributed by atoms with Crippen LogP contribution in [0.15, 0.2) is 12.1 Å². The minimum absolute atomic E-state index is 0.0794. The lowest BCUT2D eigenvalue weighted by Crippen LogP contribution is -2.12. The van der Waals surface area contributed by atoms with Gasteiger partial charge >= 0.3 is 12.8 Å². The average Bonchev–Trinajstić information content (AvgIpc) is 2.08. The summed E-state index contributed by atoms with van der Waals surface area (Å²) in [5.74, 6) is -0.979. The van der Waals surface area contributed by atoms with Crippen molar-refractivity contribution in [1.29, 1.82) is 0 Å². The topological polar surface area (TPSA) is 9.23 Å². The summed E-state index contributed by atoms with van der Waals surface area (Å²) in [6.45, 7) is -3.34. The fourth-order valence-electron chi connectivity index (χ4n) is 0.944. The van der Waals surface area contributed by atoms with Crippen LogP contribution in [0.2, 0.25) is 5.02 Å². The van der Waals surface area contributed by atoms with Gasteiger partial charge in [-0.15, -0.1) is 0 Å². The van der Waals surface area contributed by atoms with Crippen molar-refractivity contribution in [2.75, 3.05) is 0 Å². The molecule has 16 heavy (non-hydrogen) atoms. The van der Waals surface area contributed by atoms with Crippen LogP contribution in [0.5, 0.6) is 5.75 Å². The summed E-state index contributed by atoms with van der Waals surface area (Å²) in [7, 11) is 0. The van der Waals surface area contributed by atoms with E-state index in [-0.39, 0.29) is 8.59 Å². The lowest BCUT2D eigenvalue weighted by molar-refractivity contribution is -0.141. The smallest absolute Gasteiger partial charge is 0.420 e. The second-order valence-electron chi connectivity index (χ2n) is 2.64. The molecule has 1 aromatic rings. The predicted molar refractivity (Wildman–Crippen MR) is 55.8 cm³/mol. The molecule has 90 valence electrons. The SMILES string of the molecule is FC(F)Oc1cc(Cl)c(I)cc1C(F)(F)F. The van der Waals surface area contributed by atoms with Crippen molar-refractivity contribution < 1.29 is 26.7 Å². The van der Waals surface area contributed by atoms with E-state index in [4.69, 9.17) is 11.6 Å². The molecule has 0 fully saturated rings. The monoisotopic (exact) mass is 372 g/mol. The molecule has 1 rings (SSSR count). The van der Waals surface area contributed by atoms with Crippen molar-refractivity contribution in [2.45, 2.75) is 12.8 Å². The number of rotatable bonds is 2. The van der Waals surface area contributed by atoms with Crippen molar-refractivity contribution in [3.8, 4) is 5.75 Å². The predicted octanol–water partition coefficient (Wildman–Crippen LogP) is 4.56. The summed E-state index contributed by atoms with van der Waals surface area (Å²) >= 11 is 7.08. The maximum absolute atomic E-state index is 12.4. The molecule has 1 nitrogen and oxygen atoms in total. The van der Waals surface area contributed by atoms with Crippen molar-refractivity contribution in [2.24, 2.45) is 0 Å². The third-order valence-corrected chi connectivity index (χ3v) is 3.07. The van der Waals surface area contributed by atoms with Gasteiger partial charge in [0.05, 0.1) is 10.6 Å². The summed E-state index contributed by atoms with van der Waals surface area (Å²) in [5, 5.41) is -0.0794. The Morgan fingerprint density at radius 3 is 2.25 bits per heavy atom. The lowest BCUT2D eigenvalue weighted by atomic mass is 10.2. The maximum Gasteiger partial charge on any atom is 0.420 e. The average molecular weight is 372 g/mol. The normalized spacial score (nSPS) is 12.0. The first kappa shape index (κ1) is 13.8. The van der Waals surface area contributed by atoms with Gasteiger partial charge in [-0.2, -0.15) is 22.0 Å². The molecular formula is C8H3ClF5IO. The molecular weight excluding hydrogens is 369 g/mol. The highest BCUT2D eigenvalue weighted by Gasteiger charge is 2.35. The molecule has 0 aliphatic carbocycles. The van der Waals surface area contributed by atoms with Crippen LogP contribution in [0.4, 0.5) is 22.0 Å². The Morgan fingerprint density at radius 2 is 1.81 bits per heavy atom. The van der Waals surface area contributed by atoms with Gasteiger partial charge in [-0.3, -0.25) is 0 Å². The van der Waals surface area contributed by atoms with Gasteiger partial charge in [0.1, 0.15) is 5.75 Å². The fraction of sp³-hybridized carbons (Fsp3) is 0.250. The minimum atomic E-state index is -4.77. The Kier molecular flexibility index (Phi) is 4.22. The highest BCUT2D eigenvalue weighted by Crippen LogP contribution is 2.40. The van der Waals surface area contributed by atoms with Gasteiger partial charge < -0.3 is 4.74 Å². The van der Waals surface area contributed by atoms with E-state index in [9.17, 15) is 22.0 Å². The van der Waals surface area contributed by atoms with E-state index in [2.05, 4.69) is 4.74 Å². The van der Waals surface area contributed by atoms with Crippen LogP contribution in [0.1, 0.15) is 5.56 Å². The number of benzene rings is 1. The third-order valence-electron chi connectivity index (χ3n) is 1.54. The van der Waals surface area contributed by atoms with Crippen molar-refractivity contribution >= 4 is 34.2 Å². The molecule has 0 N–H and O–H groups in total. The number of hydrogen-bond acceptors (Lipinski definition) is 1. The van der Waals surface area contributed by atoms with Crippen LogP contribution in [0, 0.1) is 3.57 Å². The number of hydrogen-bond donors (Lipinski definition) is 0. The molecule has 0 atom stereocenters. The molecule has 0 aliphatic heterocycles. The van der Waals surface area contributed by atoms with Gasteiger partial charge in [-0.1, -0.05) is 11.6 Å². The van der Waals surface area contributed by atoms with Crippen molar-refractivity contribution in [3.63, 3.8) is 0 Å². The number of halogens is 7. The van der Waals surface area contributed by atoms with Gasteiger partial charge in [0.25, 0.3) is 0 Å². The molecule has 0 aromatic heterocycles. The zero-order chi connectivity index (χ0) is 12.5. The second kappa shape index (κ2) is 4.91. The first-order chi connectivity index (χ1) is 7.21. The summed E-state index contributed by atoms with van der Waals surface area (Å²) in [6, 6.07) is 1.37. The van der Waals surface area contributed by atoms with Crippen molar-refractivity contribution in [1.82, 2.24) is 0 Å². The molecule has 0 saturated carbocycles. The van der Waals surface area contributed by atoms with E-state index in [1.165, 1.54) is 0 Å². The van der Waals surface area contributed by atoms with Gasteiger partial charge in [0, 0.05) is 9.64 Å². The molecule has 0 amide bonds. The van der Waals surface area contributed by atoms with Crippen LogP contribution in [-0.4, -0.2) is 6.61 Å². The van der Waals surface area contributed by atoms with Crippen LogP contribution >= 0.6 is 34.2 Å². The molecule has 0 saturated heterocycles. The van der Waals surface area contributed by atoms with Crippen LogP contribution in [0.25, 0.3) is 0 Å². The minimum Gasteiger partial charge on any atom is -0.434 e. The van der Waals surface area contributed by atoms with E-state index in [0.717, 1.165) is 6.07 Å². The van der Waals surface area contributed by atoms with E-state index < -0.39 is 24.1 Å². The summed E-state index contributed by atoms with van der Waals surface area (Å²) in [5.41, 5.74) is -1.28. The Morgan fingerprint density at radius 1 is 1.25 bits per heavy atom. The molecule has 0 unspecified atom stereocenters. The molecule has 8 heteroatoms. The van der Waals surface area contributed by atoms with Crippen LogP contribution < -0.4 is 4.74 Å². The first-order valence-electron chi connectivity index (χ1n) is 3.73. The van der Waals surface area contributed by atoms with E-state index >= 15 is 0 Å². The zero-order valence-corrected chi connectivity index (χ0v) is 10.2. The summed E-state index contributed by atoms with van der Waals surface area (Å²) in [6.07, 6.45) is -4.77. The van der Waals surface area contributed by atoms with E-state index in [1.807, 2.05) is 0 Å². The molecule has 0 heterocycles. The molecule has 0 radical (unpaired) electrons. The first-order valence-corrected chi connectivity index (χ1v) is 5.18. The molecule has 0 bridgehead atoms. The summed E-state index contributed by atoms with van der Waals surface area (Å²) < 4.78 is 65.0. The zero-order valence-electron chi connectivity index (χ0n) is 7.29. The highest BCUT2D eigenvalue weighted by atomic mass is 127. The molecule has 1 aromatic carbocycles.